The smallest absolute Gasteiger partial charge is 0.252 e. The summed E-state index contributed by atoms with van der Waals surface area (Å²) in [4.78, 5) is 13.6. The van der Waals surface area contributed by atoms with Crippen molar-refractivity contribution >= 4 is 5.69 Å². The number of nitrogens with zero attached hydrogens (tertiary/aromatic N) is 2. The Bertz CT molecular complexity index is 367. The fraction of sp³-hybridized carbons (Fsp3) is 0.500. The van der Waals surface area contributed by atoms with Crippen molar-refractivity contribution in [2.24, 2.45) is 7.05 Å². The highest BCUT2D eigenvalue weighted by atomic mass is 16.5. The van der Waals surface area contributed by atoms with Gasteiger partial charge in [0.05, 0.1) is 13.2 Å². The highest BCUT2D eigenvalue weighted by Crippen LogP contribution is 2.11. The molecule has 0 N–H and O–H groups in total. The molecule has 0 aromatic carbocycles. The van der Waals surface area contributed by atoms with Crippen LogP contribution in [0, 0.1) is 0 Å². The number of anilines is 1. The number of pyridine rings is 1. The molecule has 2 rings (SSSR count). The first-order valence-electron chi connectivity index (χ1n) is 4.77. The number of hydrogen-bond donors (Lipinski definition) is 0. The summed E-state index contributed by atoms with van der Waals surface area (Å²) in [6.07, 6.45) is 1.80. The lowest BCUT2D eigenvalue weighted by molar-refractivity contribution is 0.122. The molecule has 0 amide bonds. The lowest BCUT2D eigenvalue weighted by Crippen LogP contribution is -2.37. The van der Waals surface area contributed by atoms with Gasteiger partial charge in [-0.2, -0.15) is 0 Å². The predicted octanol–water partition coefficient (Wildman–Crippen LogP) is 0.222. The molecule has 0 spiro atoms. The standard InChI is InChI=1S/C10H14N2O2/c1-11-3-2-9(8-10(11)13)12-4-6-14-7-5-12/h2-3,8H,4-7H2,1H3. The van der Waals surface area contributed by atoms with Gasteiger partial charge >= 0.3 is 0 Å². The van der Waals surface area contributed by atoms with Gasteiger partial charge < -0.3 is 14.2 Å². The molecule has 0 aliphatic carbocycles. The number of aryl methyl sites for hydroxylation is 1. The number of rotatable bonds is 1. The van der Waals surface area contributed by atoms with Crippen LogP contribution in [-0.4, -0.2) is 30.9 Å². The molecular formula is C10H14N2O2. The summed E-state index contributed by atoms with van der Waals surface area (Å²) < 4.78 is 6.82. The van der Waals surface area contributed by atoms with Crippen LogP contribution < -0.4 is 10.5 Å². The van der Waals surface area contributed by atoms with E-state index in [0.717, 1.165) is 32.0 Å². The fourth-order valence-corrected chi connectivity index (χ4v) is 1.56. The SMILES string of the molecule is Cn1ccc(N2CCOCC2)cc1=O. The van der Waals surface area contributed by atoms with E-state index >= 15 is 0 Å². The minimum absolute atomic E-state index is 0.0361. The highest BCUT2D eigenvalue weighted by Gasteiger charge is 2.11. The molecule has 14 heavy (non-hydrogen) atoms. The molecule has 1 aromatic heterocycles. The van der Waals surface area contributed by atoms with Crippen molar-refractivity contribution in [3.05, 3.63) is 28.7 Å². The number of aromatic nitrogens is 1. The average Bonchev–Trinajstić information content (AvgIpc) is 2.23. The Balaban J connectivity index is 2.23. The second kappa shape index (κ2) is 3.84. The van der Waals surface area contributed by atoms with Gasteiger partial charge in [0.15, 0.2) is 0 Å². The summed E-state index contributed by atoms with van der Waals surface area (Å²) in [5.41, 5.74) is 1.03. The Labute approximate surface area is 82.7 Å². The van der Waals surface area contributed by atoms with E-state index in [-0.39, 0.29) is 5.56 Å². The first-order valence-corrected chi connectivity index (χ1v) is 4.77. The zero-order valence-electron chi connectivity index (χ0n) is 8.27. The van der Waals surface area contributed by atoms with Crippen LogP contribution in [0.4, 0.5) is 5.69 Å². The van der Waals surface area contributed by atoms with E-state index in [1.54, 1.807) is 23.9 Å². The Morgan fingerprint density at radius 2 is 2.07 bits per heavy atom. The lowest BCUT2D eigenvalue weighted by atomic mass is 10.3. The van der Waals surface area contributed by atoms with Gasteiger partial charge in [0.2, 0.25) is 0 Å². The van der Waals surface area contributed by atoms with Crippen molar-refractivity contribution in [3.8, 4) is 0 Å². The molecule has 0 unspecified atom stereocenters. The van der Waals surface area contributed by atoms with Gasteiger partial charge in [-0.05, 0) is 6.07 Å². The molecule has 4 nitrogen and oxygen atoms in total. The maximum Gasteiger partial charge on any atom is 0.252 e. The molecule has 76 valence electrons. The second-order valence-corrected chi connectivity index (χ2v) is 3.43. The predicted molar refractivity (Wildman–Crippen MR) is 54.7 cm³/mol. The first kappa shape index (κ1) is 9.27. The average molecular weight is 194 g/mol. The number of morpholine rings is 1. The van der Waals surface area contributed by atoms with Crippen molar-refractivity contribution in [3.63, 3.8) is 0 Å². The van der Waals surface area contributed by atoms with E-state index in [4.69, 9.17) is 4.74 Å². The molecule has 1 aromatic rings. The molecule has 1 fully saturated rings. The third-order valence-corrected chi connectivity index (χ3v) is 2.46. The Kier molecular flexibility index (Phi) is 2.54. The maximum atomic E-state index is 11.4. The molecule has 2 heterocycles. The van der Waals surface area contributed by atoms with Crippen molar-refractivity contribution in [1.29, 1.82) is 0 Å². The third-order valence-electron chi connectivity index (χ3n) is 2.46. The summed E-state index contributed by atoms with van der Waals surface area (Å²) in [6, 6.07) is 3.64. The summed E-state index contributed by atoms with van der Waals surface area (Å²) in [6.45, 7) is 3.23. The molecule has 4 heteroatoms. The quantitative estimate of drug-likeness (QED) is 0.641. The van der Waals surface area contributed by atoms with E-state index in [0.29, 0.717) is 0 Å². The van der Waals surface area contributed by atoms with E-state index in [9.17, 15) is 4.79 Å². The zero-order chi connectivity index (χ0) is 9.97. The van der Waals surface area contributed by atoms with E-state index in [2.05, 4.69) is 4.90 Å². The summed E-state index contributed by atoms with van der Waals surface area (Å²) in [5, 5.41) is 0. The fourth-order valence-electron chi connectivity index (χ4n) is 1.56. The van der Waals surface area contributed by atoms with Crippen molar-refractivity contribution in [2.75, 3.05) is 31.2 Å². The molecule has 1 aliphatic heterocycles. The molecule has 0 bridgehead atoms. The lowest BCUT2D eigenvalue weighted by Gasteiger charge is -2.28. The van der Waals surface area contributed by atoms with Gasteiger partial charge in [-0.1, -0.05) is 0 Å². The first-order chi connectivity index (χ1) is 6.77. The van der Waals surface area contributed by atoms with Crippen LogP contribution in [0.2, 0.25) is 0 Å². The van der Waals surface area contributed by atoms with Gasteiger partial charge in [0.25, 0.3) is 5.56 Å². The minimum Gasteiger partial charge on any atom is -0.378 e. The van der Waals surface area contributed by atoms with Gasteiger partial charge in [-0.25, -0.2) is 0 Å². The van der Waals surface area contributed by atoms with Gasteiger partial charge in [0, 0.05) is 38.1 Å². The van der Waals surface area contributed by atoms with Crippen molar-refractivity contribution in [1.82, 2.24) is 4.57 Å². The molecule has 1 aliphatic rings. The van der Waals surface area contributed by atoms with Crippen molar-refractivity contribution < 1.29 is 4.74 Å². The van der Waals surface area contributed by atoms with Gasteiger partial charge in [-0.15, -0.1) is 0 Å². The number of ether oxygens (including phenoxy) is 1. The Morgan fingerprint density at radius 1 is 1.36 bits per heavy atom. The van der Waals surface area contributed by atoms with Crippen LogP contribution in [0.1, 0.15) is 0 Å². The zero-order valence-corrected chi connectivity index (χ0v) is 8.27. The van der Waals surface area contributed by atoms with Crippen LogP contribution >= 0.6 is 0 Å². The normalized spacial score (nSPS) is 17.1. The van der Waals surface area contributed by atoms with E-state index in [1.165, 1.54) is 0 Å². The molecule has 1 saturated heterocycles. The molecule has 0 atom stereocenters. The van der Waals surface area contributed by atoms with E-state index < -0.39 is 0 Å². The van der Waals surface area contributed by atoms with Crippen LogP contribution in [-0.2, 0) is 11.8 Å². The molecular weight excluding hydrogens is 180 g/mol. The monoisotopic (exact) mass is 194 g/mol. The molecule has 0 radical (unpaired) electrons. The van der Waals surface area contributed by atoms with Crippen LogP contribution in [0.25, 0.3) is 0 Å². The van der Waals surface area contributed by atoms with Gasteiger partial charge in [-0.3, -0.25) is 4.79 Å². The Hall–Kier alpha value is -1.29. The summed E-state index contributed by atoms with van der Waals surface area (Å²) in [5.74, 6) is 0. The topological polar surface area (TPSA) is 34.5 Å². The molecule has 0 saturated carbocycles. The third kappa shape index (κ3) is 1.80. The maximum absolute atomic E-state index is 11.4. The largest absolute Gasteiger partial charge is 0.378 e. The van der Waals surface area contributed by atoms with Crippen LogP contribution in [0.15, 0.2) is 23.1 Å². The van der Waals surface area contributed by atoms with Gasteiger partial charge in [0.1, 0.15) is 0 Å². The number of hydrogen-bond acceptors (Lipinski definition) is 3. The van der Waals surface area contributed by atoms with Crippen molar-refractivity contribution in [2.45, 2.75) is 0 Å². The summed E-state index contributed by atoms with van der Waals surface area (Å²) >= 11 is 0. The van der Waals surface area contributed by atoms with Crippen LogP contribution in [0.5, 0.6) is 0 Å². The van der Waals surface area contributed by atoms with Crippen LogP contribution in [0.3, 0.4) is 0 Å². The second-order valence-electron chi connectivity index (χ2n) is 3.43. The van der Waals surface area contributed by atoms with E-state index in [1.807, 2.05) is 6.07 Å². The minimum atomic E-state index is 0.0361. The summed E-state index contributed by atoms with van der Waals surface area (Å²) in [7, 11) is 1.76. The highest BCUT2D eigenvalue weighted by molar-refractivity contribution is 5.44. The Morgan fingerprint density at radius 3 is 2.71 bits per heavy atom.